The van der Waals surface area contributed by atoms with Crippen LogP contribution in [0.2, 0.25) is 0 Å². The molecule has 0 radical (unpaired) electrons. The van der Waals surface area contributed by atoms with Crippen molar-refractivity contribution in [2.75, 3.05) is 0 Å². The highest BCUT2D eigenvalue weighted by Crippen LogP contribution is 2.17. The van der Waals surface area contributed by atoms with E-state index in [4.69, 9.17) is 0 Å². The molecule has 100 valence electrons. The van der Waals surface area contributed by atoms with Crippen LogP contribution in [-0.2, 0) is 13.0 Å². The van der Waals surface area contributed by atoms with Crippen molar-refractivity contribution >= 4 is 16.8 Å². The third kappa shape index (κ3) is 2.35. The standard InChI is InChI=1S/C17H16N2O/c1-13(20)17-18-15-9-5-6-10-16(15)19(17)12-11-14-7-3-2-4-8-14/h2-10H,11-12H2,1H3. The third-order valence-electron chi connectivity index (χ3n) is 3.44. The van der Waals surface area contributed by atoms with Crippen LogP contribution < -0.4 is 0 Å². The van der Waals surface area contributed by atoms with E-state index in [9.17, 15) is 4.79 Å². The van der Waals surface area contributed by atoms with Gasteiger partial charge < -0.3 is 4.57 Å². The summed E-state index contributed by atoms with van der Waals surface area (Å²) in [7, 11) is 0. The lowest BCUT2D eigenvalue weighted by molar-refractivity contribution is 0.1000. The summed E-state index contributed by atoms with van der Waals surface area (Å²) in [5.74, 6) is 0.552. The van der Waals surface area contributed by atoms with Crippen LogP contribution in [0.5, 0.6) is 0 Å². The summed E-state index contributed by atoms with van der Waals surface area (Å²) in [5.41, 5.74) is 3.17. The molecular formula is C17H16N2O. The van der Waals surface area contributed by atoms with E-state index in [1.807, 2.05) is 47.0 Å². The van der Waals surface area contributed by atoms with E-state index in [0.29, 0.717) is 5.82 Å². The monoisotopic (exact) mass is 264 g/mol. The average Bonchev–Trinajstić information content (AvgIpc) is 2.85. The summed E-state index contributed by atoms with van der Waals surface area (Å²) >= 11 is 0. The van der Waals surface area contributed by atoms with Crippen molar-refractivity contribution in [1.29, 1.82) is 0 Å². The average molecular weight is 264 g/mol. The first kappa shape index (κ1) is 12.6. The lowest BCUT2D eigenvalue weighted by atomic mass is 10.1. The smallest absolute Gasteiger partial charge is 0.195 e. The van der Waals surface area contributed by atoms with Gasteiger partial charge in [-0.15, -0.1) is 0 Å². The molecule has 0 saturated heterocycles. The predicted molar refractivity (Wildman–Crippen MR) is 79.9 cm³/mol. The number of rotatable bonds is 4. The Morgan fingerprint density at radius 2 is 1.75 bits per heavy atom. The Kier molecular flexibility index (Phi) is 3.33. The van der Waals surface area contributed by atoms with Crippen molar-refractivity contribution in [3.8, 4) is 0 Å². The number of Topliss-reactive ketones (excluding diaryl/α,β-unsaturated/α-hetero) is 1. The molecule has 0 atom stereocenters. The molecule has 3 rings (SSSR count). The minimum absolute atomic E-state index is 0.00858. The van der Waals surface area contributed by atoms with Crippen LogP contribution >= 0.6 is 0 Å². The van der Waals surface area contributed by atoms with Gasteiger partial charge in [-0.3, -0.25) is 4.79 Å². The molecule has 0 spiro atoms. The van der Waals surface area contributed by atoms with Crippen molar-refractivity contribution in [3.63, 3.8) is 0 Å². The number of ketones is 1. The summed E-state index contributed by atoms with van der Waals surface area (Å²) in [6.07, 6.45) is 0.890. The van der Waals surface area contributed by atoms with Crippen LogP contribution in [0.3, 0.4) is 0 Å². The summed E-state index contributed by atoms with van der Waals surface area (Å²) in [5, 5.41) is 0. The first-order valence-electron chi connectivity index (χ1n) is 6.76. The molecule has 0 saturated carbocycles. The van der Waals surface area contributed by atoms with Crippen molar-refractivity contribution in [3.05, 3.63) is 66.0 Å². The Morgan fingerprint density at radius 3 is 2.50 bits per heavy atom. The molecule has 0 amide bonds. The number of hydrogen-bond donors (Lipinski definition) is 0. The maximum Gasteiger partial charge on any atom is 0.195 e. The van der Waals surface area contributed by atoms with E-state index < -0.39 is 0 Å². The first-order chi connectivity index (χ1) is 9.75. The van der Waals surface area contributed by atoms with Gasteiger partial charge in [0.15, 0.2) is 11.6 Å². The maximum absolute atomic E-state index is 11.8. The zero-order valence-electron chi connectivity index (χ0n) is 11.4. The Labute approximate surface area is 117 Å². The van der Waals surface area contributed by atoms with Gasteiger partial charge in [0, 0.05) is 13.5 Å². The maximum atomic E-state index is 11.8. The SMILES string of the molecule is CC(=O)c1nc2ccccc2n1CCc1ccccc1. The molecule has 0 aliphatic rings. The van der Waals surface area contributed by atoms with E-state index >= 15 is 0 Å². The Bertz CT molecular complexity index is 744. The van der Waals surface area contributed by atoms with Crippen LogP contribution in [0.4, 0.5) is 0 Å². The number of aryl methyl sites for hydroxylation is 2. The molecule has 3 heteroatoms. The van der Waals surface area contributed by atoms with Crippen molar-refractivity contribution in [2.24, 2.45) is 0 Å². The zero-order valence-corrected chi connectivity index (χ0v) is 11.4. The van der Waals surface area contributed by atoms with Crippen LogP contribution in [0.25, 0.3) is 11.0 Å². The van der Waals surface area contributed by atoms with Gasteiger partial charge in [0.1, 0.15) is 0 Å². The highest BCUT2D eigenvalue weighted by molar-refractivity contribution is 5.94. The number of hydrogen-bond acceptors (Lipinski definition) is 2. The Balaban J connectivity index is 1.97. The molecule has 0 aliphatic heterocycles. The van der Waals surface area contributed by atoms with E-state index in [2.05, 4.69) is 17.1 Å². The minimum Gasteiger partial charge on any atom is -0.321 e. The van der Waals surface area contributed by atoms with E-state index in [0.717, 1.165) is 24.0 Å². The topological polar surface area (TPSA) is 34.9 Å². The second-order valence-electron chi connectivity index (χ2n) is 4.87. The predicted octanol–water partition coefficient (Wildman–Crippen LogP) is 3.48. The highest BCUT2D eigenvalue weighted by atomic mass is 16.1. The molecule has 0 aliphatic carbocycles. The van der Waals surface area contributed by atoms with Gasteiger partial charge in [-0.1, -0.05) is 42.5 Å². The van der Waals surface area contributed by atoms with Gasteiger partial charge in [-0.25, -0.2) is 4.98 Å². The zero-order chi connectivity index (χ0) is 13.9. The Hall–Kier alpha value is -2.42. The minimum atomic E-state index is 0.00858. The molecule has 0 bridgehead atoms. The summed E-state index contributed by atoms with van der Waals surface area (Å²) in [6, 6.07) is 18.2. The molecule has 2 aromatic carbocycles. The van der Waals surface area contributed by atoms with Crippen molar-refractivity contribution < 1.29 is 4.79 Å². The molecule has 20 heavy (non-hydrogen) atoms. The summed E-state index contributed by atoms with van der Waals surface area (Å²) in [6.45, 7) is 2.33. The van der Waals surface area contributed by atoms with E-state index in [-0.39, 0.29) is 5.78 Å². The number of para-hydroxylation sites is 2. The van der Waals surface area contributed by atoms with Crippen molar-refractivity contribution in [2.45, 2.75) is 19.9 Å². The lowest BCUT2D eigenvalue weighted by Crippen LogP contribution is -2.09. The number of fused-ring (bicyclic) bond motifs is 1. The van der Waals surface area contributed by atoms with Crippen LogP contribution in [0.15, 0.2) is 54.6 Å². The fourth-order valence-corrected chi connectivity index (χ4v) is 2.46. The number of benzene rings is 2. The molecule has 0 unspecified atom stereocenters. The quantitative estimate of drug-likeness (QED) is 0.676. The van der Waals surface area contributed by atoms with E-state index in [1.165, 1.54) is 5.56 Å². The summed E-state index contributed by atoms with van der Waals surface area (Å²) in [4.78, 5) is 16.2. The molecule has 3 nitrogen and oxygen atoms in total. The molecular weight excluding hydrogens is 248 g/mol. The second-order valence-corrected chi connectivity index (χ2v) is 4.87. The van der Waals surface area contributed by atoms with Crippen LogP contribution in [-0.4, -0.2) is 15.3 Å². The van der Waals surface area contributed by atoms with Gasteiger partial charge in [-0.2, -0.15) is 0 Å². The van der Waals surface area contributed by atoms with Gasteiger partial charge in [0.2, 0.25) is 0 Å². The number of imidazole rings is 1. The van der Waals surface area contributed by atoms with Gasteiger partial charge in [-0.05, 0) is 24.1 Å². The number of carbonyl (C=O) groups is 1. The van der Waals surface area contributed by atoms with Gasteiger partial charge in [0.25, 0.3) is 0 Å². The van der Waals surface area contributed by atoms with Gasteiger partial charge in [0.05, 0.1) is 11.0 Å². The van der Waals surface area contributed by atoms with Crippen LogP contribution in [0.1, 0.15) is 23.1 Å². The van der Waals surface area contributed by atoms with E-state index in [1.54, 1.807) is 6.92 Å². The molecule has 1 aromatic heterocycles. The number of carbonyl (C=O) groups excluding carboxylic acids is 1. The largest absolute Gasteiger partial charge is 0.321 e. The molecule has 1 heterocycles. The second kappa shape index (κ2) is 5.29. The van der Waals surface area contributed by atoms with Gasteiger partial charge >= 0.3 is 0 Å². The first-order valence-corrected chi connectivity index (χ1v) is 6.76. The fourth-order valence-electron chi connectivity index (χ4n) is 2.46. The third-order valence-corrected chi connectivity index (χ3v) is 3.44. The Morgan fingerprint density at radius 1 is 1.05 bits per heavy atom. The van der Waals surface area contributed by atoms with Crippen molar-refractivity contribution in [1.82, 2.24) is 9.55 Å². The normalized spacial score (nSPS) is 10.8. The lowest BCUT2D eigenvalue weighted by Gasteiger charge is -2.07. The number of aromatic nitrogens is 2. The molecule has 0 fully saturated rings. The summed E-state index contributed by atoms with van der Waals surface area (Å²) < 4.78 is 2.02. The molecule has 3 aromatic rings. The highest BCUT2D eigenvalue weighted by Gasteiger charge is 2.13. The fraction of sp³-hybridized carbons (Fsp3) is 0.176. The van der Waals surface area contributed by atoms with Crippen LogP contribution in [0, 0.1) is 0 Å². The molecule has 0 N–H and O–H groups in total. The number of nitrogens with zero attached hydrogens (tertiary/aromatic N) is 2.